The van der Waals surface area contributed by atoms with Crippen LogP contribution in [0.15, 0.2) is 53.5 Å². The third-order valence-corrected chi connectivity index (χ3v) is 7.10. The van der Waals surface area contributed by atoms with Crippen LogP contribution in [0.3, 0.4) is 0 Å². The topological polar surface area (TPSA) is 144 Å². The molecule has 1 unspecified atom stereocenters. The Bertz CT molecular complexity index is 1240. The predicted octanol–water partition coefficient (Wildman–Crippen LogP) is 3.30. The molecule has 1 aliphatic heterocycles. The van der Waals surface area contributed by atoms with Crippen molar-refractivity contribution in [2.24, 2.45) is 16.6 Å². The Balaban J connectivity index is 0.00000301. The Morgan fingerprint density at radius 3 is 2.24 bits per heavy atom. The molecule has 1 fully saturated rings. The standard InChI is InChI=1S/C29H37N5O6.C2H6/c1-33(2)28(30)32-29(14-17-35,23-6-5-7-24(18-23)31-25(36)19-39-3)22-12-15-34(16-13-22)26(37)20-8-10-21(11-9-20)27(38)40-4;1-2/h5-11,17-18,22H,12-16,19H2,1-4H3,(H2,30,32)(H,31,36);1-2H3. The van der Waals surface area contributed by atoms with Gasteiger partial charge in [0.25, 0.3) is 5.91 Å². The van der Waals surface area contributed by atoms with Crippen molar-refractivity contribution >= 4 is 35.7 Å². The summed E-state index contributed by atoms with van der Waals surface area (Å²) in [7, 11) is 6.30. The number of piperidine rings is 1. The lowest BCUT2D eigenvalue weighted by Gasteiger charge is -2.42. The summed E-state index contributed by atoms with van der Waals surface area (Å²) >= 11 is 0. The number of rotatable bonds is 10. The van der Waals surface area contributed by atoms with E-state index in [-0.39, 0.29) is 36.7 Å². The fraction of sp³-hybridized carbons (Fsp3) is 0.452. The normalized spacial score (nSPS) is 15.0. The van der Waals surface area contributed by atoms with Crippen LogP contribution in [-0.4, -0.2) is 87.8 Å². The van der Waals surface area contributed by atoms with E-state index < -0.39 is 11.5 Å². The molecule has 0 radical (unpaired) electrons. The third-order valence-electron chi connectivity index (χ3n) is 7.10. The molecule has 2 amide bonds. The van der Waals surface area contributed by atoms with Gasteiger partial charge in [-0.05, 0) is 60.7 Å². The average Bonchev–Trinajstić information content (AvgIpc) is 3.01. The van der Waals surface area contributed by atoms with E-state index in [0.29, 0.717) is 42.7 Å². The van der Waals surface area contributed by atoms with Gasteiger partial charge < -0.3 is 35.1 Å². The number of carbonyl (C=O) groups excluding carboxylic acids is 4. The molecule has 2 aromatic rings. The van der Waals surface area contributed by atoms with Gasteiger partial charge in [0, 0.05) is 52.0 Å². The maximum absolute atomic E-state index is 13.2. The molecular weight excluding hydrogens is 538 g/mol. The van der Waals surface area contributed by atoms with E-state index in [0.717, 1.165) is 11.8 Å². The van der Waals surface area contributed by atoms with Crippen molar-refractivity contribution in [2.45, 2.75) is 38.6 Å². The molecular formula is C31H43N5O6. The number of amides is 2. The summed E-state index contributed by atoms with van der Waals surface area (Å²) in [5.74, 6) is -0.767. The second-order valence-corrected chi connectivity index (χ2v) is 9.86. The number of aliphatic imine (C=N–C) groups is 1. The number of nitrogens with zero attached hydrogens (tertiary/aromatic N) is 3. The molecule has 42 heavy (non-hydrogen) atoms. The molecule has 0 aromatic heterocycles. The number of likely N-dealkylation sites (tertiary alicyclic amines) is 1. The van der Waals surface area contributed by atoms with E-state index in [9.17, 15) is 19.2 Å². The van der Waals surface area contributed by atoms with Gasteiger partial charge in [0.1, 0.15) is 12.9 Å². The minimum atomic E-state index is -1.00. The average molecular weight is 582 g/mol. The fourth-order valence-corrected chi connectivity index (χ4v) is 4.96. The number of guanidine groups is 1. The minimum Gasteiger partial charge on any atom is -0.465 e. The first-order chi connectivity index (χ1) is 20.1. The lowest BCUT2D eigenvalue weighted by atomic mass is 9.71. The second-order valence-electron chi connectivity index (χ2n) is 9.86. The molecule has 228 valence electrons. The zero-order valence-electron chi connectivity index (χ0n) is 25.4. The van der Waals surface area contributed by atoms with E-state index in [4.69, 9.17) is 20.2 Å². The summed E-state index contributed by atoms with van der Waals surface area (Å²) in [4.78, 5) is 57.5. The summed E-state index contributed by atoms with van der Waals surface area (Å²) in [6.45, 7) is 4.81. The Morgan fingerprint density at radius 2 is 1.69 bits per heavy atom. The smallest absolute Gasteiger partial charge is 0.337 e. The number of aldehydes is 1. The van der Waals surface area contributed by atoms with Gasteiger partial charge in [-0.1, -0.05) is 26.0 Å². The number of benzene rings is 2. The molecule has 2 aromatic carbocycles. The lowest BCUT2D eigenvalue weighted by Crippen LogP contribution is -2.46. The van der Waals surface area contributed by atoms with Crippen LogP contribution >= 0.6 is 0 Å². The maximum atomic E-state index is 13.2. The van der Waals surface area contributed by atoms with Crippen molar-refractivity contribution in [3.63, 3.8) is 0 Å². The first kappa shape index (κ1) is 34.0. The number of carbonyl (C=O) groups is 4. The van der Waals surface area contributed by atoms with Crippen LogP contribution in [0, 0.1) is 5.92 Å². The summed E-state index contributed by atoms with van der Waals surface area (Å²) in [6, 6.07) is 13.6. The van der Waals surface area contributed by atoms with Crippen molar-refractivity contribution in [2.75, 3.05) is 53.3 Å². The zero-order valence-corrected chi connectivity index (χ0v) is 25.4. The molecule has 0 bridgehead atoms. The van der Waals surface area contributed by atoms with Crippen molar-refractivity contribution in [1.82, 2.24) is 9.80 Å². The monoisotopic (exact) mass is 581 g/mol. The first-order valence-corrected chi connectivity index (χ1v) is 14.0. The Morgan fingerprint density at radius 1 is 1.07 bits per heavy atom. The lowest BCUT2D eigenvalue weighted by molar-refractivity contribution is -0.119. The number of anilines is 1. The Hall–Kier alpha value is -4.25. The van der Waals surface area contributed by atoms with Gasteiger partial charge in [-0.3, -0.25) is 9.59 Å². The van der Waals surface area contributed by atoms with Crippen LogP contribution in [0.25, 0.3) is 0 Å². The van der Waals surface area contributed by atoms with Gasteiger partial charge in [-0.25, -0.2) is 9.79 Å². The van der Waals surface area contributed by atoms with Crippen LogP contribution in [0.4, 0.5) is 5.69 Å². The first-order valence-electron chi connectivity index (χ1n) is 14.0. The number of esters is 1. The predicted molar refractivity (Wildman–Crippen MR) is 162 cm³/mol. The quantitative estimate of drug-likeness (QED) is 0.188. The number of hydrogen-bond acceptors (Lipinski definition) is 7. The van der Waals surface area contributed by atoms with Gasteiger partial charge in [0.05, 0.1) is 18.2 Å². The molecule has 11 heteroatoms. The summed E-state index contributed by atoms with van der Waals surface area (Å²) < 4.78 is 9.64. The van der Waals surface area contributed by atoms with Gasteiger partial charge in [-0.2, -0.15) is 0 Å². The van der Waals surface area contributed by atoms with Gasteiger partial charge in [-0.15, -0.1) is 0 Å². The molecule has 1 saturated heterocycles. The highest BCUT2D eigenvalue weighted by atomic mass is 16.5. The van der Waals surface area contributed by atoms with Crippen LogP contribution < -0.4 is 11.1 Å². The van der Waals surface area contributed by atoms with Crippen LogP contribution in [0.2, 0.25) is 0 Å². The molecule has 3 N–H and O–H groups in total. The van der Waals surface area contributed by atoms with Crippen LogP contribution in [-0.2, 0) is 24.6 Å². The SMILES string of the molecule is CC.COCC(=O)Nc1cccc(C(CC=O)(N=C(N)N(C)C)C2CCN(C(=O)c3ccc(C(=O)OC)cc3)CC2)c1. The zero-order chi connectivity index (χ0) is 31.3. The maximum Gasteiger partial charge on any atom is 0.337 e. The molecule has 1 atom stereocenters. The van der Waals surface area contributed by atoms with E-state index >= 15 is 0 Å². The second kappa shape index (κ2) is 16.3. The van der Waals surface area contributed by atoms with Crippen LogP contribution in [0.1, 0.15) is 59.4 Å². The Labute approximate surface area is 248 Å². The summed E-state index contributed by atoms with van der Waals surface area (Å²) in [5, 5.41) is 2.81. The molecule has 1 aliphatic rings. The number of ether oxygens (including phenoxy) is 2. The fourth-order valence-electron chi connectivity index (χ4n) is 4.96. The van der Waals surface area contributed by atoms with Crippen molar-refractivity contribution < 1.29 is 28.7 Å². The van der Waals surface area contributed by atoms with Crippen molar-refractivity contribution in [1.29, 1.82) is 0 Å². The third kappa shape index (κ3) is 8.39. The molecule has 0 spiro atoms. The Kier molecular flexibility index (Phi) is 13.1. The van der Waals surface area contributed by atoms with Crippen molar-refractivity contribution in [3.8, 4) is 0 Å². The number of nitrogens with one attached hydrogen (secondary N) is 1. The highest BCUT2D eigenvalue weighted by Crippen LogP contribution is 2.43. The van der Waals surface area contributed by atoms with E-state index in [1.54, 1.807) is 60.3 Å². The molecule has 0 saturated carbocycles. The summed E-state index contributed by atoms with van der Waals surface area (Å²) in [5.41, 5.74) is 7.43. The number of hydrogen-bond donors (Lipinski definition) is 2. The van der Waals surface area contributed by atoms with Gasteiger partial charge >= 0.3 is 5.97 Å². The van der Waals surface area contributed by atoms with Gasteiger partial charge in [0.15, 0.2) is 5.96 Å². The summed E-state index contributed by atoms with van der Waals surface area (Å²) in [6.07, 6.45) is 2.06. The molecule has 11 nitrogen and oxygen atoms in total. The highest BCUT2D eigenvalue weighted by Gasteiger charge is 2.43. The van der Waals surface area contributed by atoms with Gasteiger partial charge in [0.2, 0.25) is 5.91 Å². The van der Waals surface area contributed by atoms with E-state index in [2.05, 4.69) is 5.32 Å². The molecule has 1 heterocycles. The van der Waals surface area contributed by atoms with E-state index in [1.165, 1.54) is 14.2 Å². The molecule has 0 aliphatic carbocycles. The minimum absolute atomic E-state index is 0.0740. The number of methoxy groups -OCH3 is 2. The van der Waals surface area contributed by atoms with E-state index in [1.807, 2.05) is 26.0 Å². The van der Waals surface area contributed by atoms with Crippen LogP contribution in [0.5, 0.6) is 0 Å². The highest BCUT2D eigenvalue weighted by molar-refractivity contribution is 5.96. The molecule has 3 rings (SSSR count). The number of nitrogens with two attached hydrogens (primary N) is 1. The largest absolute Gasteiger partial charge is 0.465 e. The van der Waals surface area contributed by atoms with Crippen molar-refractivity contribution in [3.05, 3.63) is 65.2 Å².